The summed E-state index contributed by atoms with van der Waals surface area (Å²) in [5, 5.41) is 6.29. The third-order valence-electron chi connectivity index (χ3n) is 4.06. The van der Waals surface area contributed by atoms with Gasteiger partial charge in [-0.3, -0.25) is 4.99 Å². The minimum absolute atomic E-state index is 0.424. The molecule has 6 nitrogen and oxygen atoms in total. The number of aliphatic imine (C=N–C) groups is 1. The third kappa shape index (κ3) is 6.19. The third-order valence-corrected chi connectivity index (χ3v) is 4.06. The van der Waals surface area contributed by atoms with Crippen molar-refractivity contribution in [3.63, 3.8) is 0 Å². The van der Waals surface area contributed by atoms with Crippen molar-refractivity contribution in [2.24, 2.45) is 12.0 Å². The Labute approximate surface area is 157 Å². The minimum atomic E-state index is -4.36. The highest BCUT2D eigenvalue weighted by Gasteiger charge is 2.30. The second-order valence-corrected chi connectivity index (χ2v) is 6.15. The average Bonchev–Trinajstić information content (AvgIpc) is 3.02. The molecular formula is C18H25F3N6. The lowest BCUT2D eigenvalue weighted by molar-refractivity contribution is -0.137. The second-order valence-electron chi connectivity index (χ2n) is 6.15. The van der Waals surface area contributed by atoms with Crippen LogP contribution >= 0.6 is 0 Å². The van der Waals surface area contributed by atoms with Crippen LogP contribution < -0.4 is 10.6 Å². The first-order chi connectivity index (χ1) is 12.8. The molecule has 9 heteroatoms. The highest BCUT2D eigenvalue weighted by atomic mass is 19.4. The molecule has 2 aromatic rings. The summed E-state index contributed by atoms with van der Waals surface area (Å²) in [5.74, 6) is 1.21. The molecule has 0 radical (unpaired) electrons. The fourth-order valence-corrected chi connectivity index (χ4v) is 2.53. The molecule has 0 aromatic carbocycles. The van der Waals surface area contributed by atoms with Gasteiger partial charge >= 0.3 is 6.18 Å². The van der Waals surface area contributed by atoms with E-state index in [4.69, 9.17) is 0 Å². The maximum atomic E-state index is 12.5. The Morgan fingerprint density at radius 2 is 2.04 bits per heavy atom. The van der Waals surface area contributed by atoms with Crippen LogP contribution in [-0.2, 0) is 19.8 Å². The summed E-state index contributed by atoms with van der Waals surface area (Å²) >= 11 is 0. The minimum Gasteiger partial charge on any atom is -0.370 e. The zero-order chi connectivity index (χ0) is 19.9. The fourth-order valence-electron chi connectivity index (χ4n) is 2.53. The average molecular weight is 382 g/mol. The van der Waals surface area contributed by atoms with Crippen LogP contribution in [0, 0.1) is 0 Å². The topological polar surface area (TPSA) is 57.5 Å². The first-order valence-corrected chi connectivity index (χ1v) is 8.60. The van der Waals surface area contributed by atoms with Gasteiger partial charge in [0.1, 0.15) is 5.82 Å². The van der Waals surface area contributed by atoms with Crippen molar-refractivity contribution in [3.8, 4) is 0 Å². The second kappa shape index (κ2) is 9.29. The predicted molar refractivity (Wildman–Crippen MR) is 101 cm³/mol. The van der Waals surface area contributed by atoms with Crippen LogP contribution in [0.3, 0.4) is 0 Å². The van der Waals surface area contributed by atoms with Gasteiger partial charge in [-0.2, -0.15) is 13.2 Å². The SMILES string of the molecule is CN=C(NCCCNc1ccc(C(F)(F)F)cn1)N(C)Cc1cccn1C. The van der Waals surface area contributed by atoms with Gasteiger partial charge in [0.15, 0.2) is 5.96 Å². The van der Waals surface area contributed by atoms with Crippen LogP contribution in [0.5, 0.6) is 0 Å². The lowest BCUT2D eigenvalue weighted by Crippen LogP contribution is -2.39. The van der Waals surface area contributed by atoms with Crippen molar-refractivity contribution in [2.45, 2.75) is 19.1 Å². The molecule has 0 bridgehead atoms. The standard InChI is InChI=1S/C18H25F3N6/c1-22-17(27(3)13-15-6-4-11-26(15)2)24-10-5-9-23-16-8-7-14(12-25-16)18(19,20)21/h4,6-8,11-12H,5,9-10,13H2,1-3H3,(H,22,24)(H,23,25). The summed E-state index contributed by atoms with van der Waals surface area (Å²) in [6, 6.07) is 6.42. The predicted octanol–water partition coefficient (Wildman–Crippen LogP) is 2.95. The van der Waals surface area contributed by atoms with Gasteiger partial charge in [-0.05, 0) is 30.7 Å². The Balaban J connectivity index is 1.71. The summed E-state index contributed by atoms with van der Waals surface area (Å²) in [7, 11) is 5.70. The van der Waals surface area contributed by atoms with Crippen molar-refractivity contribution in [1.82, 2.24) is 19.8 Å². The number of aryl methyl sites for hydroxylation is 1. The Morgan fingerprint density at radius 3 is 2.59 bits per heavy atom. The molecule has 0 saturated carbocycles. The van der Waals surface area contributed by atoms with Gasteiger partial charge in [0.25, 0.3) is 0 Å². The van der Waals surface area contributed by atoms with Gasteiger partial charge in [-0.1, -0.05) is 0 Å². The van der Waals surface area contributed by atoms with Crippen molar-refractivity contribution < 1.29 is 13.2 Å². The van der Waals surface area contributed by atoms with E-state index in [1.165, 1.54) is 11.8 Å². The molecule has 2 aromatic heterocycles. The first-order valence-electron chi connectivity index (χ1n) is 8.60. The van der Waals surface area contributed by atoms with Crippen molar-refractivity contribution in [2.75, 3.05) is 32.5 Å². The molecule has 0 aliphatic heterocycles. The van der Waals surface area contributed by atoms with Gasteiger partial charge in [0.2, 0.25) is 0 Å². The summed E-state index contributed by atoms with van der Waals surface area (Å²) in [5.41, 5.74) is 0.426. The summed E-state index contributed by atoms with van der Waals surface area (Å²) in [6.45, 7) is 2.00. The number of alkyl halides is 3. The van der Waals surface area contributed by atoms with E-state index >= 15 is 0 Å². The lowest BCUT2D eigenvalue weighted by atomic mass is 10.3. The zero-order valence-electron chi connectivity index (χ0n) is 15.7. The normalized spacial score (nSPS) is 12.1. The van der Waals surface area contributed by atoms with Crippen LogP contribution in [-0.4, -0.2) is 47.6 Å². The number of nitrogens with one attached hydrogen (secondary N) is 2. The van der Waals surface area contributed by atoms with Gasteiger partial charge in [-0.15, -0.1) is 0 Å². The van der Waals surface area contributed by atoms with E-state index < -0.39 is 11.7 Å². The first kappa shape index (κ1) is 20.6. The number of nitrogens with zero attached hydrogens (tertiary/aromatic N) is 4. The van der Waals surface area contributed by atoms with Crippen LogP contribution in [0.4, 0.5) is 19.0 Å². The van der Waals surface area contributed by atoms with Gasteiger partial charge in [-0.25, -0.2) is 4.98 Å². The number of guanidine groups is 1. The molecule has 148 valence electrons. The van der Waals surface area contributed by atoms with E-state index in [0.29, 0.717) is 18.9 Å². The molecule has 27 heavy (non-hydrogen) atoms. The molecule has 2 N–H and O–H groups in total. The van der Waals surface area contributed by atoms with Gasteiger partial charge in [0, 0.05) is 52.3 Å². The Morgan fingerprint density at radius 1 is 1.26 bits per heavy atom. The number of hydrogen-bond donors (Lipinski definition) is 2. The van der Waals surface area contributed by atoms with Crippen LogP contribution in [0.2, 0.25) is 0 Å². The van der Waals surface area contributed by atoms with E-state index in [1.807, 2.05) is 31.3 Å². The van der Waals surface area contributed by atoms with Crippen molar-refractivity contribution >= 4 is 11.8 Å². The molecule has 0 unspecified atom stereocenters. The number of pyridine rings is 1. The number of anilines is 1. The van der Waals surface area contributed by atoms with E-state index in [9.17, 15) is 13.2 Å². The Hall–Kier alpha value is -2.71. The highest BCUT2D eigenvalue weighted by Crippen LogP contribution is 2.28. The molecule has 0 atom stereocenters. The molecule has 2 heterocycles. The van der Waals surface area contributed by atoms with Crippen molar-refractivity contribution in [3.05, 3.63) is 47.9 Å². The molecule has 0 aliphatic rings. The number of hydrogen-bond acceptors (Lipinski definition) is 3. The maximum absolute atomic E-state index is 12.5. The van der Waals surface area contributed by atoms with Crippen LogP contribution in [0.1, 0.15) is 17.7 Å². The summed E-state index contributed by atoms with van der Waals surface area (Å²) < 4.78 is 39.6. The smallest absolute Gasteiger partial charge is 0.370 e. The van der Waals surface area contributed by atoms with Crippen LogP contribution in [0.15, 0.2) is 41.7 Å². The molecule has 0 amide bonds. The molecule has 2 rings (SSSR count). The number of aromatic nitrogens is 2. The van der Waals surface area contributed by atoms with Crippen LogP contribution in [0.25, 0.3) is 0 Å². The van der Waals surface area contributed by atoms with E-state index in [-0.39, 0.29) is 0 Å². The summed E-state index contributed by atoms with van der Waals surface area (Å²) in [4.78, 5) is 10.1. The quantitative estimate of drug-likeness (QED) is 0.439. The largest absolute Gasteiger partial charge is 0.417 e. The van der Waals surface area contributed by atoms with Crippen molar-refractivity contribution in [1.29, 1.82) is 0 Å². The zero-order valence-corrected chi connectivity index (χ0v) is 15.7. The van der Waals surface area contributed by atoms with E-state index in [2.05, 4.69) is 31.2 Å². The Bertz CT molecular complexity index is 736. The van der Waals surface area contributed by atoms with Gasteiger partial charge < -0.3 is 20.1 Å². The molecule has 0 fully saturated rings. The molecule has 0 spiro atoms. The highest BCUT2D eigenvalue weighted by molar-refractivity contribution is 5.79. The summed E-state index contributed by atoms with van der Waals surface area (Å²) in [6.07, 6.45) is -0.766. The van der Waals surface area contributed by atoms with E-state index in [1.54, 1.807) is 7.05 Å². The molecule has 0 saturated heterocycles. The fraction of sp³-hybridized carbons (Fsp3) is 0.444. The number of rotatable bonds is 7. The maximum Gasteiger partial charge on any atom is 0.417 e. The Kier molecular flexibility index (Phi) is 7.09. The molecule has 0 aliphatic carbocycles. The van der Waals surface area contributed by atoms with E-state index in [0.717, 1.165) is 31.2 Å². The van der Waals surface area contributed by atoms with Gasteiger partial charge in [0.05, 0.1) is 12.1 Å². The monoisotopic (exact) mass is 382 g/mol. The lowest BCUT2D eigenvalue weighted by Gasteiger charge is -2.22. The molecular weight excluding hydrogens is 357 g/mol. The number of halogens is 3.